The molecule has 0 amide bonds. The van der Waals surface area contributed by atoms with Crippen LogP contribution in [0.3, 0.4) is 0 Å². The minimum atomic E-state index is -2.94. The highest BCUT2D eigenvalue weighted by Gasteiger charge is 2.51. The Labute approximate surface area is 443 Å². The van der Waals surface area contributed by atoms with E-state index in [0.717, 1.165) is 33.9 Å². The fourth-order valence-corrected chi connectivity index (χ4v) is 22.0. The Bertz CT molecular complexity index is 3630. The smallest absolute Gasteiger partial charge is 0.238 e. The van der Waals surface area contributed by atoms with Crippen LogP contribution in [0.15, 0.2) is 279 Å². The molecule has 10 heteroatoms. The summed E-state index contributed by atoms with van der Waals surface area (Å²) in [6.45, 7) is 0. The number of hydrogen-bond donors (Lipinski definition) is 0. The van der Waals surface area contributed by atoms with Crippen LogP contribution in [-0.4, -0.2) is 46.1 Å². The summed E-state index contributed by atoms with van der Waals surface area (Å²) in [5.41, 5.74) is 5.69. The second-order valence-electron chi connectivity index (χ2n) is 19.0. The minimum Gasteiger partial charge on any atom is -0.279 e. The highest BCUT2D eigenvalue weighted by atomic mass is 28.3. The third-order valence-electron chi connectivity index (χ3n) is 14.9. The first kappa shape index (κ1) is 44.9. The minimum absolute atomic E-state index is 0.315. The number of nitrogens with zero attached hydrogens (tertiary/aromatic N) is 8. The Morgan fingerprint density at radius 2 is 0.434 bits per heavy atom. The average Bonchev–Trinajstić information content (AvgIpc) is 3.52. The van der Waals surface area contributed by atoms with E-state index in [4.69, 9.17) is 29.9 Å². The van der Waals surface area contributed by atoms with Gasteiger partial charge in [0.2, 0.25) is 23.5 Å². The number of aromatic nitrogens is 6. The van der Waals surface area contributed by atoms with Gasteiger partial charge in [-0.05, 0) is 65.8 Å². The van der Waals surface area contributed by atoms with Crippen molar-refractivity contribution < 1.29 is 0 Å². The zero-order chi connectivity index (χ0) is 50.5. The van der Waals surface area contributed by atoms with Gasteiger partial charge < -0.3 is 0 Å². The van der Waals surface area contributed by atoms with Gasteiger partial charge in [0.05, 0.1) is 0 Å². The largest absolute Gasteiger partial charge is 0.279 e. The number of hydrogen-bond acceptors (Lipinski definition) is 8. The Balaban J connectivity index is 1.02. The van der Waals surface area contributed by atoms with Gasteiger partial charge in [-0.3, -0.25) is 9.80 Å². The maximum atomic E-state index is 5.51. The molecule has 14 rings (SSSR count). The highest BCUT2D eigenvalue weighted by molar-refractivity contribution is 7.22. The molecule has 0 fully saturated rings. The van der Waals surface area contributed by atoms with Crippen molar-refractivity contribution in [3.63, 3.8) is 0 Å². The zero-order valence-corrected chi connectivity index (χ0v) is 43.1. The number of benzene rings is 10. The molecule has 8 nitrogen and oxygen atoms in total. The topological polar surface area (TPSA) is 83.8 Å². The number of rotatable bonds is 9. The fourth-order valence-electron chi connectivity index (χ4n) is 11.8. The molecule has 10 aromatic carbocycles. The lowest BCUT2D eigenvalue weighted by atomic mass is 10.2. The second kappa shape index (κ2) is 18.6. The van der Waals surface area contributed by atoms with Crippen LogP contribution in [-0.2, 0) is 0 Å². The van der Waals surface area contributed by atoms with Gasteiger partial charge in [0, 0.05) is 33.9 Å². The van der Waals surface area contributed by atoms with Crippen molar-refractivity contribution in [3.05, 3.63) is 279 Å². The fraction of sp³-hybridized carbons (Fsp3) is 0. The van der Waals surface area contributed by atoms with Crippen molar-refractivity contribution >= 4 is 92.3 Å². The molecule has 0 N–H and O–H groups in total. The van der Waals surface area contributed by atoms with Crippen molar-refractivity contribution in [2.24, 2.45) is 0 Å². The van der Waals surface area contributed by atoms with E-state index in [1.165, 1.54) is 41.5 Å². The summed E-state index contributed by atoms with van der Waals surface area (Å²) in [6.07, 6.45) is 0. The Morgan fingerprint density at radius 3 is 0.711 bits per heavy atom. The van der Waals surface area contributed by atoms with Gasteiger partial charge >= 0.3 is 0 Å². The summed E-state index contributed by atoms with van der Waals surface area (Å²) in [5, 5.41) is 10.1. The first-order valence-corrected chi connectivity index (χ1v) is 29.5. The molecular formula is C66H46N8Si2. The van der Waals surface area contributed by atoms with Gasteiger partial charge in [0.25, 0.3) is 0 Å². The van der Waals surface area contributed by atoms with Crippen LogP contribution in [0.1, 0.15) is 0 Å². The predicted octanol–water partition coefficient (Wildman–Crippen LogP) is 9.38. The monoisotopic (exact) mass is 1010 g/mol. The van der Waals surface area contributed by atoms with Crippen molar-refractivity contribution in [1.29, 1.82) is 0 Å². The van der Waals surface area contributed by atoms with E-state index in [0.29, 0.717) is 35.2 Å². The van der Waals surface area contributed by atoms with Crippen LogP contribution < -0.4 is 51.3 Å². The van der Waals surface area contributed by atoms with Crippen molar-refractivity contribution in [2.45, 2.75) is 0 Å². The number of fused-ring (bicyclic) bond motifs is 4. The van der Waals surface area contributed by atoms with E-state index in [2.05, 4.69) is 228 Å². The maximum absolute atomic E-state index is 5.51. The van der Waals surface area contributed by atoms with Gasteiger partial charge in [-0.25, -0.2) is 9.97 Å². The zero-order valence-electron chi connectivity index (χ0n) is 41.1. The second-order valence-corrected chi connectivity index (χ2v) is 26.5. The Morgan fingerprint density at radius 1 is 0.211 bits per heavy atom. The van der Waals surface area contributed by atoms with E-state index in [-0.39, 0.29) is 0 Å². The van der Waals surface area contributed by atoms with E-state index in [1.54, 1.807) is 0 Å². The maximum Gasteiger partial charge on any atom is 0.238 e. The lowest BCUT2D eigenvalue weighted by Crippen LogP contribution is -2.77. The molecule has 358 valence electrons. The molecule has 4 heterocycles. The van der Waals surface area contributed by atoms with Crippen LogP contribution in [0.25, 0.3) is 34.4 Å². The lowest BCUT2D eigenvalue weighted by Gasteiger charge is -2.44. The van der Waals surface area contributed by atoms with Gasteiger partial charge in [-0.15, -0.1) is 0 Å². The van der Waals surface area contributed by atoms with Crippen LogP contribution in [0.4, 0.5) is 34.6 Å². The van der Waals surface area contributed by atoms with Gasteiger partial charge in [-0.2, -0.15) is 19.9 Å². The third-order valence-corrected chi connectivity index (χ3v) is 24.7. The van der Waals surface area contributed by atoms with Crippen LogP contribution in [0.2, 0.25) is 0 Å². The first-order chi connectivity index (χ1) is 37.7. The number of anilines is 6. The number of para-hydroxylation sites is 4. The van der Waals surface area contributed by atoms with Gasteiger partial charge in [0.1, 0.15) is 0 Å². The van der Waals surface area contributed by atoms with E-state index < -0.39 is 16.1 Å². The normalized spacial score (nSPS) is 13.7. The van der Waals surface area contributed by atoms with Crippen molar-refractivity contribution in [2.75, 3.05) is 9.80 Å². The highest BCUT2D eigenvalue weighted by Crippen LogP contribution is 2.40. The lowest BCUT2D eigenvalue weighted by molar-refractivity contribution is 0.969. The van der Waals surface area contributed by atoms with E-state index in [9.17, 15) is 0 Å². The molecule has 0 saturated heterocycles. The van der Waals surface area contributed by atoms with E-state index >= 15 is 0 Å². The van der Waals surface area contributed by atoms with Crippen molar-refractivity contribution in [3.8, 4) is 34.4 Å². The predicted molar refractivity (Wildman–Crippen MR) is 313 cm³/mol. The molecule has 0 atom stereocenters. The van der Waals surface area contributed by atoms with Crippen molar-refractivity contribution in [1.82, 2.24) is 29.9 Å². The molecule has 2 aromatic heterocycles. The van der Waals surface area contributed by atoms with E-state index in [1.807, 2.05) is 60.7 Å². The summed E-state index contributed by atoms with van der Waals surface area (Å²) in [7, 11) is -5.88. The van der Waals surface area contributed by atoms with Gasteiger partial charge in [0.15, 0.2) is 27.8 Å². The summed E-state index contributed by atoms with van der Waals surface area (Å²) in [4.78, 5) is 36.9. The summed E-state index contributed by atoms with van der Waals surface area (Å²) in [6, 6.07) is 99.4. The van der Waals surface area contributed by atoms with Gasteiger partial charge in [-0.1, -0.05) is 255 Å². The Kier molecular flexibility index (Phi) is 11.0. The molecule has 0 radical (unpaired) electrons. The molecule has 12 aromatic rings. The summed E-state index contributed by atoms with van der Waals surface area (Å²) in [5.74, 6) is 2.52. The SMILES string of the molecule is c1ccc(-c2nc(-c3nc(-c4ccccc4)nc(N4c5ccccc5[Si](c5ccccc5)(c5ccccc5)c5ccccc54)n3)nc(N3c4ccccc4[Si](c4ccccc4)(c4ccccc4)c4ccccc43)n2)cc1. The Hall–Kier alpha value is -9.75. The molecular weight excluding hydrogens is 961 g/mol. The molecule has 0 aliphatic carbocycles. The van der Waals surface area contributed by atoms with Crippen LogP contribution in [0.5, 0.6) is 0 Å². The molecule has 0 spiro atoms. The first-order valence-electron chi connectivity index (χ1n) is 25.5. The molecule has 0 unspecified atom stereocenters. The summed E-state index contributed by atoms with van der Waals surface area (Å²) >= 11 is 0. The van der Waals surface area contributed by atoms with Crippen LogP contribution in [0, 0.1) is 0 Å². The quantitative estimate of drug-likeness (QED) is 0.133. The molecule has 76 heavy (non-hydrogen) atoms. The standard InChI is InChI=1S/C66H46N8Si2/c1-7-27-47(28-8-1)61-67-63(71-65(69-61)73-53-39-19-23-43-57(53)75(49-31-11-3-12-32-49,50-33-13-4-14-34-50)58-44-24-20-40-54(58)73)64-68-62(48-29-9-2-10-30-48)70-66(72-64)74-55-41-21-25-45-59(55)76(51-35-15-5-16-36-51,52-37-17-6-18-38-52)60-46-26-22-42-56(60)74/h1-46H. The molecule has 0 bridgehead atoms. The molecule has 2 aliphatic rings. The third kappa shape index (κ3) is 7.10. The molecule has 0 saturated carbocycles. The average molecular weight is 1010 g/mol. The molecule has 2 aliphatic heterocycles. The summed E-state index contributed by atoms with van der Waals surface area (Å²) < 4.78 is 0. The van der Waals surface area contributed by atoms with Crippen LogP contribution >= 0.6 is 0 Å².